The molecule has 2 fully saturated rings. The number of carbonyl (C=O) groups excluding carboxylic acids is 1. The number of halogens is 1. The molecule has 2 aliphatic rings. The van der Waals surface area contributed by atoms with Crippen LogP contribution < -0.4 is 5.73 Å². The summed E-state index contributed by atoms with van der Waals surface area (Å²) in [5.41, 5.74) is 6.89. The number of benzene rings is 1. The Morgan fingerprint density at radius 3 is 2.62 bits per heavy atom. The van der Waals surface area contributed by atoms with Gasteiger partial charge in [0.1, 0.15) is 0 Å². The lowest BCUT2D eigenvalue weighted by Gasteiger charge is -2.19. The topological polar surface area (TPSA) is 46.3 Å². The summed E-state index contributed by atoms with van der Waals surface area (Å²) in [6, 6.07) is 7.74. The predicted octanol–water partition coefficient (Wildman–Crippen LogP) is 1.26. The number of hydrogen-bond donors (Lipinski definition) is 1. The lowest BCUT2D eigenvalue weighted by molar-refractivity contribution is -0.130. The molecule has 0 radical (unpaired) electrons. The standard InChI is InChI=1S/C12H13ClN2O/c13-8-3-1-7(2-4-8)5-15-6-9-10(11(9)14)12(15)16/h1-4,9-11H,5-6,14H2. The van der Waals surface area contributed by atoms with Crippen molar-refractivity contribution in [3.05, 3.63) is 34.9 Å². The molecular weight excluding hydrogens is 224 g/mol. The summed E-state index contributed by atoms with van der Waals surface area (Å²) in [6.07, 6.45) is 0. The molecule has 1 saturated carbocycles. The first kappa shape index (κ1) is 10.1. The van der Waals surface area contributed by atoms with Gasteiger partial charge in [-0.25, -0.2) is 0 Å². The normalized spacial score (nSPS) is 31.8. The zero-order valence-electron chi connectivity index (χ0n) is 8.77. The lowest BCUT2D eigenvalue weighted by atomic mass is 10.2. The molecule has 1 aromatic carbocycles. The van der Waals surface area contributed by atoms with Crippen LogP contribution in [0.4, 0.5) is 0 Å². The van der Waals surface area contributed by atoms with E-state index >= 15 is 0 Å². The van der Waals surface area contributed by atoms with Crippen LogP contribution in [0.2, 0.25) is 5.02 Å². The van der Waals surface area contributed by atoms with Crippen LogP contribution in [0.1, 0.15) is 5.56 Å². The zero-order chi connectivity index (χ0) is 11.3. The van der Waals surface area contributed by atoms with Crippen LogP contribution in [0.25, 0.3) is 0 Å². The average Bonchev–Trinajstić information content (AvgIpc) is 2.76. The molecule has 1 aliphatic heterocycles. The van der Waals surface area contributed by atoms with Crippen LogP contribution in [0.15, 0.2) is 24.3 Å². The second-order valence-corrected chi connectivity index (χ2v) is 5.05. The van der Waals surface area contributed by atoms with Gasteiger partial charge in [-0.05, 0) is 17.7 Å². The smallest absolute Gasteiger partial charge is 0.227 e. The lowest BCUT2D eigenvalue weighted by Crippen LogP contribution is -2.32. The molecule has 4 heteroatoms. The number of rotatable bonds is 2. The third-order valence-electron chi connectivity index (χ3n) is 3.54. The van der Waals surface area contributed by atoms with Gasteiger partial charge in [-0.1, -0.05) is 23.7 Å². The Bertz CT molecular complexity index is 431. The molecule has 3 nitrogen and oxygen atoms in total. The summed E-state index contributed by atoms with van der Waals surface area (Å²) in [7, 11) is 0. The van der Waals surface area contributed by atoms with E-state index in [4.69, 9.17) is 17.3 Å². The minimum absolute atomic E-state index is 0.104. The van der Waals surface area contributed by atoms with Crippen molar-refractivity contribution in [3.63, 3.8) is 0 Å². The Morgan fingerprint density at radius 2 is 2.06 bits per heavy atom. The van der Waals surface area contributed by atoms with Gasteiger partial charge in [-0.3, -0.25) is 4.79 Å². The zero-order valence-corrected chi connectivity index (χ0v) is 9.52. The van der Waals surface area contributed by atoms with Gasteiger partial charge in [0.25, 0.3) is 0 Å². The summed E-state index contributed by atoms with van der Waals surface area (Å²) in [6.45, 7) is 1.49. The first-order valence-corrected chi connectivity index (χ1v) is 5.83. The molecule has 3 rings (SSSR count). The third kappa shape index (κ3) is 1.51. The SMILES string of the molecule is NC1C2CN(Cc3ccc(Cl)cc3)C(=O)C12. The van der Waals surface area contributed by atoms with Gasteiger partial charge in [-0.15, -0.1) is 0 Å². The van der Waals surface area contributed by atoms with Gasteiger partial charge in [0, 0.05) is 30.1 Å². The second kappa shape index (κ2) is 3.47. The average molecular weight is 237 g/mol. The monoisotopic (exact) mass is 236 g/mol. The molecule has 3 unspecified atom stereocenters. The van der Waals surface area contributed by atoms with Gasteiger partial charge < -0.3 is 10.6 Å². The van der Waals surface area contributed by atoms with Gasteiger partial charge in [0.15, 0.2) is 0 Å². The summed E-state index contributed by atoms with van der Waals surface area (Å²) in [5, 5.41) is 0.723. The van der Waals surface area contributed by atoms with Gasteiger partial charge in [0.2, 0.25) is 5.91 Å². The van der Waals surface area contributed by atoms with Crippen LogP contribution in [-0.2, 0) is 11.3 Å². The van der Waals surface area contributed by atoms with Gasteiger partial charge in [0.05, 0.1) is 5.92 Å². The van der Waals surface area contributed by atoms with Crippen molar-refractivity contribution in [1.82, 2.24) is 4.90 Å². The molecule has 0 aromatic heterocycles. The van der Waals surface area contributed by atoms with E-state index in [-0.39, 0.29) is 17.9 Å². The molecule has 1 amide bonds. The molecular formula is C12H13ClN2O. The van der Waals surface area contributed by atoms with Crippen molar-refractivity contribution in [2.75, 3.05) is 6.54 Å². The van der Waals surface area contributed by atoms with E-state index in [0.29, 0.717) is 12.5 Å². The quantitative estimate of drug-likeness (QED) is 0.840. The van der Waals surface area contributed by atoms with Gasteiger partial charge >= 0.3 is 0 Å². The second-order valence-electron chi connectivity index (χ2n) is 4.61. The first-order chi connectivity index (χ1) is 7.66. The number of amides is 1. The molecule has 0 bridgehead atoms. The van der Waals surface area contributed by atoms with E-state index < -0.39 is 0 Å². The number of likely N-dealkylation sites (tertiary alicyclic amines) is 1. The van der Waals surface area contributed by atoms with E-state index in [2.05, 4.69) is 0 Å². The van der Waals surface area contributed by atoms with Crippen molar-refractivity contribution in [2.24, 2.45) is 17.6 Å². The van der Waals surface area contributed by atoms with Crippen LogP contribution in [0, 0.1) is 11.8 Å². The minimum Gasteiger partial charge on any atom is -0.338 e. The number of fused-ring (bicyclic) bond motifs is 1. The number of nitrogens with two attached hydrogens (primary N) is 1. The fourth-order valence-electron chi connectivity index (χ4n) is 2.49. The summed E-state index contributed by atoms with van der Waals surface area (Å²) >= 11 is 5.81. The molecule has 84 valence electrons. The van der Waals surface area contributed by atoms with Crippen LogP contribution >= 0.6 is 11.6 Å². The number of piperidine rings is 1. The van der Waals surface area contributed by atoms with Crippen molar-refractivity contribution in [2.45, 2.75) is 12.6 Å². The van der Waals surface area contributed by atoms with E-state index in [0.717, 1.165) is 17.1 Å². The maximum absolute atomic E-state index is 11.8. The van der Waals surface area contributed by atoms with E-state index in [1.54, 1.807) is 0 Å². The molecule has 1 heterocycles. The number of nitrogens with zero attached hydrogens (tertiary/aromatic N) is 1. The fourth-order valence-corrected chi connectivity index (χ4v) is 2.62. The largest absolute Gasteiger partial charge is 0.338 e. The molecule has 3 atom stereocenters. The first-order valence-electron chi connectivity index (χ1n) is 5.45. The molecule has 2 N–H and O–H groups in total. The Balaban J connectivity index is 1.68. The van der Waals surface area contributed by atoms with E-state index in [9.17, 15) is 4.79 Å². The summed E-state index contributed by atoms with van der Waals surface area (Å²) in [5.74, 6) is 0.722. The van der Waals surface area contributed by atoms with Crippen molar-refractivity contribution >= 4 is 17.5 Å². The number of hydrogen-bond acceptors (Lipinski definition) is 2. The highest BCUT2D eigenvalue weighted by atomic mass is 35.5. The molecule has 1 aliphatic carbocycles. The highest BCUT2D eigenvalue weighted by Crippen LogP contribution is 2.45. The Morgan fingerprint density at radius 1 is 1.38 bits per heavy atom. The van der Waals surface area contributed by atoms with Crippen molar-refractivity contribution in [3.8, 4) is 0 Å². The highest BCUT2D eigenvalue weighted by molar-refractivity contribution is 6.30. The van der Waals surface area contributed by atoms with Crippen molar-refractivity contribution < 1.29 is 4.79 Å². The predicted molar refractivity (Wildman–Crippen MR) is 61.8 cm³/mol. The molecule has 1 aromatic rings. The summed E-state index contributed by atoms with van der Waals surface area (Å²) in [4.78, 5) is 13.7. The maximum Gasteiger partial charge on any atom is 0.227 e. The Labute approximate surface area is 99.2 Å². The van der Waals surface area contributed by atoms with Crippen LogP contribution in [-0.4, -0.2) is 23.4 Å². The fraction of sp³-hybridized carbons (Fsp3) is 0.417. The Kier molecular flexibility index (Phi) is 2.19. The highest BCUT2D eigenvalue weighted by Gasteiger charge is 2.59. The number of carbonyl (C=O) groups is 1. The van der Waals surface area contributed by atoms with Crippen LogP contribution in [0.5, 0.6) is 0 Å². The van der Waals surface area contributed by atoms with Crippen LogP contribution in [0.3, 0.4) is 0 Å². The minimum atomic E-state index is 0.104. The molecule has 16 heavy (non-hydrogen) atoms. The van der Waals surface area contributed by atoms with E-state index in [1.807, 2.05) is 29.2 Å². The molecule has 1 saturated heterocycles. The Hall–Kier alpha value is -1.06. The molecule has 0 spiro atoms. The summed E-state index contributed by atoms with van der Waals surface area (Å²) < 4.78 is 0. The third-order valence-corrected chi connectivity index (χ3v) is 3.80. The van der Waals surface area contributed by atoms with Gasteiger partial charge in [-0.2, -0.15) is 0 Å². The van der Waals surface area contributed by atoms with Crippen molar-refractivity contribution in [1.29, 1.82) is 0 Å². The maximum atomic E-state index is 11.8. The van der Waals surface area contributed by atoms with E-state index in [1.165, 1.54) is 0 Å².